The van der Waals surface area contributed by atoms with Crippen molar-refractivity contribution in [3.8, 4) is 0 Å². The van der Waals surface area contributed by atoms with Gasteiger partial charge >= 0.3 is 5.69 Å². The second kappa shape index (κ2) is 9.27. The number of aromatic amines is 1. The van der Waals surface area contributed by atoms with E-state index >= 15 is 0 Å². The van der Waals surface area contributed by atoms with Gasteiger partial charge in [-0.1, -0.05) is 6.92 Å². The monoisotopic (exact) mass is 385 g/mol. The highest BCUT2D eigenvalue weighted by molar-refractivity contribution is 5.77. The number of nitrogens with one attached hydrogen (secondary N) is 2. The SMILES string of the molecule is [2H]C(C)[C@H]1O[C@@H](n2cc(C)c(=O)[nH]c2=O)[C@H](OCC(=O)NCCN(C)C)[C@@H]1O. The fourth-order valence-electron chi connectivity index (χ4n) is 2.77. The predicted octanol–water partition coefficient (Wildman–Crippen LogP) is -1.42. The lowest BCUT2D eigenvalue weighted by Gasteiger charge is -2.22. The summed E-state index contributed by atoms with van der Waals surface area (Å²) in [6.07, 6.45) is -3.74. The van der Waals surface area contributed by atoms with E-state index in [1.807, 2.05) is 19.0 Å². The topological polar surface area (TPSA) is 126 Å². The molecule has 1 aliphatic heterocycles. The van der Waals surface area contributed by atoms with Crippen molar-refractivity contribution in [3.63, 3.8) is 0 Å². The van der Waals surface area contributed by atoms with Crippen molar-refractivity contribution in [2.75, 3.05) is 33.8 Å². The quantitative estimate of drug-likeness (QED) is 0.501. The number of aliphatic hydroxyl groups excluding tert-OH is 1. The standard InChI is InChI=1S/C17H28N4O6/c1-5-11-13(23)14(26-9-12(22)18-6-7-20(3)4)16(27-11)21-8-10(2)15(24)19-17(21)25/h8,11,13-14,16,23H,5-7,9H2,1-4H3,(H,18,22)(H,19,24,25)/t11-,13-,14-,16-/m1/s1/i5D/t5?,11-,13-,14-,16-. The van der Waals surface area contributed by atoms with E-state index in [2.05, 4.69) is 10.3 Å². The van der Waals surface area contributed by atoms with E-state index in [1.165, 1.54) is 13.1 Å². The molecular formula is C17H28N4O6. The van der Waals surface area contributed by atoms with Gasteiger partial charge in [-0.15, -0.1) is 0 Å². The molecule has 0 bridgehead atoms. The van der Waals surface area contributed by atoms with Crippen molar-refractivity contribution in [1.29, 1.82) is 0 Å². The van der Waals surface area contributed by atoms with Gasteiger partial charge in [-0.3, -0.25) is 19.1 Å². The van der Waals surface area contributed by atoms with Crippen molar-refractivity contribution in [1.82, 2.24) is 19.8 Å². The van der Waals surface area contributed by atoms with Gasteiger partial charge in [-0.2, -0.15) is 0 Å². The molecule has 10 heteroatoms. The largest absolute Gasteiger partial charge is 0.388 e. The second-order valence-corrected chi connectivity index (χ2v) is 6.72. The number of carbonyl (C=O) groups excluding carboxylic acids is 1. The molecule has 3 N–H and O–H groups in total. The van der Waals surface area contributed by atoms with Crippen LogP contribution in [0.4, 0.5) is 0 Å². The molecule has 0 aliphatic carbocycles. The molecular weight excluding hydrogens is 356 g/mol. The zero-order chi connectivity index (χ0) is 21.0. The molecule has 1 saturated heterocycles. The number of amides is 1. The number of hydrogen-bond donors (Lipinski definition) is 3. The Morgan fingerprint density at radius 2 is 2.22 bits per heavy atom. The number of carbonyl (C=O) groups is 1. The summed E-state index contributed by atoms with van der Waals surface area (Å²) >= 11 is 0. The summed E-state index contributed by atoms with van der Waals surface area (Å²) in [4.78, 5) is 39.9. The van der Waals surface area contributed by atoms with Crippen LogP contribution in [0.2, 0.25) is 0 Å². The van der Waals surface area contributed by atoms with Gasteiger partial charge in [0.1, 0.15) is 18.8 Å². The summed E-state index contributed by atoms with van der Waals surface area (Å²) < 4.78 is 20.2. The summed E-state index contributed by atoms with van der Waals surface area (Å²) in [6, 6.07) is 0. The van der Waals surface area contributed by atoms with Crippen molar-refractivity contribution >= 4 is 5.91 Å². The molecule has 0 aromatic carbocycles. The van der Waals surface area contributed by atoms with Crippen LogP contribution in [0.3, 0.4) is 0 Å². The lowest BCUT2D eigenvalue weighted by molar-refractivity contribution is -0.133. The van der Waals surface area contributed by atoms with Crippen LogP contribution in [-0.4, -0.2) is 77.6 Å². The zero-order valence-corrected chi connectivity index (χ0v) is 16.0. The van der Waals surface area contributed by atoms with Gasteiger partial charge in [-0.25, -0.2) is 4.79 Å². The first kappa shape index (κ1) is 19.7. The third-order valence-electron chi connectivity index (χ3n) is 4.29. The Morgan fingerprint density at radius 3 is 2.85 bits per heavy atom. The first-order valence-electron chi connectivity index (χ1n) is 9.30. The fraction of sp³-hybridized carbons (Fsp3) is 0.706. The van der Waals surface area contributed by atoms with Gasteiger partial charge in [0.05, 0.1) is 6.10 Å². The maximum atomic E-state index is 12.2. The highest BCUT2D eigenvalue weighted by Crippen LogP contribution is 2.32. The molecule has 152 valence electrons. The number of aryl methyl sites for hydroxylation is 1. The number of hydrogen-bond acceptors (Lipinski definition) is 7. The Morgan fingerprint density at radius 1 is 1.52 bits per heavy atom. The van der Waals surface area contributed by atoms with Crippen LogP contribution in [0.25, 0.3) is 0 Å². The lowest BCUT2D eigenvalue weighted by atomic mass is 10.1. The van der Waals surface area contributed by atoms with Crippen LogP contribution in [0.1, 0.15) is 26.5 Å². The van der Waals surface area contributed by atoms with Gasteiger partial charge in [-0.05, 0) is 27.4 Å². The van der Waals surface area contributed by atoms with E-state index in [-0.39, 0.29) is 18.1 Å². The minimum absolute atomic E-state index is 0.278. The first-order chi connectivity index (χ1) is 13.1. The molecule has 0 saturated carbocycles. The molecule has 1 aliphatic rings. The molecule has 1 fully saturated rings. The Balaban J connectivity index is 2.16. The Bertz CT molecular complexity index is 793. The van der Waals surface area contributed by atoms with Gasteiger partial charge in [0.2, 0.25) is 5.91 Å². The number of ether oxygens (including phenoxy) is 2. The van der Waals surface area contributed by atoms with E-state index in [0.29, 0.717) is 13.1 Å². The first-order valence-corrected chi connectivity index (χ1v) is 8.72. The average Bonchev–Trinajstić information content (AvgIpc) is 2.92. The zero-order valence-electron chi connectivity index (χ0n) is 17.0. The van der Waals surface area contributed by atoms with Gasteiger partial charge in [0.15, 0.2) is 6.23 Å². The van der Waals surface area contributed by atoms with Crippen molar-refractivity contribution < 1.29 is 20.7 Å². The second-order valence-electron chi connectivity index (χ2n) is 6.72. The van der Waals surface area contributed by atoms with Crippen LogP contribution >= 0.6 is 0 Å². The molecule has 2 rings (SSSR count). The van der Waals surface area contributed by atoms with Crippen molar-refractivity contribution in [2.24, 2.45) is 0 Å². The average molecular weight is 385 g/mol. The molecule has 1 aromatic rings. The summed E-state index contributed by atoms with van der Waals surface area (Å²) in [5, 5.41) is 13.2. The molecule has 5 atom stereocenters. The third-order valence-corrected chi connectivity index (χ3v) is 4.29. The highest BCUT2D eigenvalue weighted by atomic mass is 16.6. The Labute approximate surface area is 158 Å². The Hall–Kier alpha value is -2.01. The number of nitrogens with zero attached hydrogens (tertiary/aromatic N) is 2. The normalized spacial score (nSPS) is 26.8. The van der Waals surface area contributed by atoms with Gasteiger partial charge < -0.3 is 24.8 Å². The van der Waals surface area contributed by atoms with Crippen LogP contribution in [-0.2, 0) is 14.3 Å². The number of aromatic nitrogens is 2. The van der Waals surface area contributed by atoms with Crippen LogP contribution in [0, 0.1) is 6.92 Å². The van der Waals surface area contributed by atoms with E-state index < -0.39 is 42.2 Å². The molecule has 1 unspecified atom stereocenters. The smallest absolute Gasteiger partial charge is 0.330 e. The molecule has 10 nitrogen and oxygen atoms in total. The summed E-state index contributed by atoms with van der Waals surface area (Å²) in [5.41, 5.74) is -0.974. The fourth-order valence-corrected chi connectivity index (χ4v) is 2.77. The van der Waals surface area contributed by atoms with E-state index in [4.69, 9.17) is 10.8 Å². The summed E-state index contributed by atoms with van der Waals surface area (Å²) in [5.74, 6) is -0.375. The highest BCUT2D eigenvalue weighted by Gasteiger charge is 2.45. The van der Waals surface area contributed by atoms with Crippen LogP contribution in [0.15, 0.2) is 15.8 Å². The predicted molar refractivity (Wildman–Crippen MR) is 97.6 cm³/mol. The van der Waals surface area contributed by atoms with Crippen molar-refractivity contribution in [2.45, 2.75) is 44.8 Å². The molecule has 1 aromatic heterocycles. The van der Waals surface area contributed by atoms with Gasteiger partial charge in [0, 0.05) is 26.2 Å². The van der Waals surface area contributed by atoms with E-state index in [1.54, 1.807) is 6.92 Å². The number of rotatable bonds is 8. The number of H-pyrrole nitrogens is 1. The molecule has 1 amide bonds. The summed E-state index contributed by atoms with van der Waals surface area (Å²) in [6.45, 7) is 3.83. The summed E-state index contributed by atoms with van der Waals surface area (Å²) in [7, 11) is 3.76. The van der Waals surface area contributed by atoms with E-state index in [0.717, 1.165) is 4.57 Å². The van der Waals surface area contributed by atoms with Crippen LogP contribution in [0.5, 0.6) is 0 Å². The maximum Gasteiger partial charge on any atom is 0.330 e. The van der Waals surface area contributed by atoms with Crippen LogP contribution < -0.4 is 16.6 Å². The molecule has 0 radical (unpaired) electrons. The minimum atomic E-state index is -1.22. The van der Waals surface area contributed by atoms with E-state index in [9.17, 15) is 19.5 Å². The number of aliphatic hydroxyl groups is 1. The third kappa shape index (κ3) is 5.25. The van der Waals surface area contributed by atoms with Gasteiger partial charge in [0.25, 0.3) is 5.56 Å². The molecule has 27 heavy (non-hydrogen) atoms. The minimum Gasteiger partial charge on any atom is -0.388 e. The Kier molecular flexibility index (Phi) is 6.78. The molecule has 2 heterocycles. The van der Waals surface area contributed by atoms with Crippen molar-refractivity contribution in [3.05, 3.63) is 32.6 Å². The maximum absolute atomic E-state index is 12.2. The molecule has 0 spiro atoms. The lowest BCUT2D eigenvalue weighted by Crippen LogP contribution is -2.42. The number of likely N-dealkylation sites (N-methyl/N-ethyl adjacent to an activating group) is 1.